The van der Waals surface area contributed by atoms with E-state index in [1.165, 1.54) is 16.9 Å². The van der Waals surface area contributed by atoms with Gasteiger partial charge >= 0.3 is 0 Å². The van der Waals surface area contributed by atoms with Gasteiger partial charge in [-0.2, -0.15) is 4.98 Å². The lowest BCUT2D eigenvalue weighted by atomic mass is 10.5. The molecule has 2 heterocycles. The second-order valence-corrected chi connectivity index (χ2v) is 6.37. The van der Waals surface area contributed by atoms with Crippen LogP contribution in [-0.4, -0.2) is 33.8 Å². The van der Waals surface area contributed by atoms with Crippen LogP contribution >= 0.6 is 22.3 Å². The molecule has 0 amide bonds. The molecule has 0 saturated heterocycles. The molecule has 2 aromatic heterocycles. The van der Waals surface area contributed by atoms with Crippen molar-refractivity contribution in [2.45, 2.75) is 6.42 Å². The summed E-state index contributed by atoms with van der Waals surface area (Å²) in [5, 5.41) is 4.44. The quantitative estimate of drug-likeness (QED) is 0.781. The monoisotopic (exact) mass is 280 g/mol. The van der Waals surface area contributed by atoms with Gasteiger partial charge in [0.2, 0.25) is 9.05 Å². The van der Waals surface area contributed by atoms with E-state index < -0.39 is 9.05 Å². The SMILES string of the molecule is O=S(=O)(Cl)CCc1nc2ncc(Cl)cn2n1. The van der Waals surface area contributed by atoms with E-state index in [1.807, 2.05) is 0 Å². The van der Waals surface area contributed by atoms with E-state index in [-0.39, 0.29) is 12.2 Å². The van der Waals surface area contributed by atoms with Crippen molar-refractivity contribution < 1.29 is 8.42 Å². The highest BCUT2D eigenvalue weighted by Crippen LogP contribution is 2.07. The van der Waals surface area contributed by atoms with E-state index in [1.54, 1.807) is 0 Å². The van der Waals surface area contributed by atoms with Crippen LogP contribution in [0.2, 0.25) is 5.02 Å². The Hall–Kier alpha value is -0.920. The smallest absolute Gasteiger partial charge is 0.218 e. The van der Waals surface area contributed by atoms with Gasteiger partial charge in [-0.3, -0.25) is 0 Å². The standard InChI is InChI=1S/C7H6Cl2N4O2S/c8-5-3-10-7-11-6(12-13(7)4-5)1-2-16(9,14)15/h3-4H,1-2H2. The molecule has 16 heavy (non-hydrogen) atoms. The van der Waals surface area contributed by atoms with E-state index in [2.05, 4.69) is 15.1 Å². The molecule has 0 atom stereocenters. The number of fused-ring (bicyclic) bond motifs is 1. The normalized spacial score (nSPS) is 12.1. The van der Waals surface area contributed by atoms with Gasteiger partial charge in [0.15, 0.2) is 5.82 Å². The average molecular weight is 281 g/mol. The van der Waals surface area contributed by atoms with Crippen LogP contribution in [0, 0.1) is 0 Å². The van der Waals surface area contributed by atoms with Gasteiger partial charge in [-0.1, -0.05) is 11.6 Å². The van der Waals surface area contributed by atoms with Gasteiger partial charge in [-0.15, -0.1) is 5.10 Å². The summed E-state index contributed by atoms with van der Waals surface area (Å²) in [6.45, 7) is 0. The van der Waals surface area contributed by atoms with Crippen molar-refractivity contribution in [2.75, 3.05) is 5.75 Å². The lowest BCUT2D eigenvalue weighted by Crippen LogP contribution is -2.02. The molecule has 0 aromatic carbocycles. The number of aryl methyl sites for hydroxylation is 1. The maximum absolute atomic E-state index is 10.7. The number of aromatic nitrogens is 4. The summed E-state index contributed by atoms with van der Waals surface area (Å²) in [6, 6.07) is 0. The van der Waals surface area contributed by atoms with E-state index in [9.17, 15) is 8.42 Å². The van der Waals surface area contributed by atoms with Crippen LogP contribution in [0.1, 0.15) is 5.82 Å². The third-order valence-electron chi connectivity index (χ3n) is 1.78. The maximum atomic E-state index is 10.7. The van der Waals surface area contributed by atoms with E-state index >= 15 is 0 Å². The molecule has 0 aliphatic rings. The predicted octanol–water partition coefficient (Wildman–Crippen LogP) is 0.889. The summed E-state index contributed by atoms with van der Waals surface area (Å²) in [5.74, 6) is 0.518. The first-order chi connectivity index (χ1) is 7.44. The Labute approximate surface area is 101 Å². The molecule has 6 nitrogen and oxygen atoms in total. The molecule has 0 bridgehead atoms. The first kappa shape index (κ1) is 11.6. The minimum atomic E-state index is -3.53. The number of hydrogen-bond donors (Lipinski definition) is 0. The Balaban J connectivity index is 2.26. The molecular formula is C7H6Cl2N4O2S. The first-order valence-electron chi connectivity index (χ1n) is 4.23. The summed E-state index contributed by atoms with van der Waals surface area (Å²) in [7, 11) is 1.55. The summed E-state index contributed by atoms with van der Waals surface area (Å²) in [6.07, 6.45) is 3.12. The van der Waals surface area contributed by atoms with Gasteiger partial charge in [0.1, 0.15) is 0 Å². The van der Waals surface area contributed by atoms with Crippen LogP contribution in [0.25, 0.3) is 5.78 Å². The minimum Gasteiger partial charge on any atom is -0.218 e. The van der Waals surface area contributed by atoms with Crippen molar-refractivity contribution in [3.63, 3.8) is 0 Å². The van der Waals surface area contributed by atoms with Gasteiger partial charge in [0, 0.05) is 17.1 Å². The fraction of sp³-hybridized carbons (Fsp3) is 0.286. The van der Waals surface area contributed by atoms with Crippen LogP contribution in [0.5, 0.6) is 0 Å². The average Bonchev–Trinajstić information content (AvgIpc) is 2.55. The largest absolute Gasteiger partial charge is 0.252 e. The first-order valence-corrected chi connectivity index (χ1v) is 7.09. The molecule has 0 N–H and O–H groups in total. The third-order valence-corrected chi connectivity index (χ3v) is 3.13. The van der Waals surface area contributed by atoms with Gasteiger partial charge in [-0.25, -0.2) is 17.9 Å². The Morgan fingerprint density at radius 3 is 2.88 bits per heavy atom. The molecule has 86 valence electrons. The Kier molecular flexibility index (Phi) is 3.00. The third kappa shape index (κ3) is 2.81. The summed E-state index contributed by atoms with van der Waals surface area (Å²) in [5.41, 5.74) is 0. The fourth-order valence-corrected chi connectivity index (χ4v) is 1.92. The van der Waals surface area contributed by atoms with Crippen LogP contribution < -0.4 is 0 Å². The number of halogens is 2. The Morgan fingerprint density at radius 2 is 2.19 bits per heavy atom. The zero-order chi connectivity index (χ0) is 11.8. The van der Waals surface area contributed by atoms with Crippen LogP contribution in [-0.2, 0) is 15.5 Å². The van der Waals surface area contributed by atoms with Gasteiger partial charge < -0.3 is 0 Å². The van der Waals surface area contributed by atoms with Crippen LogP contribution in [0.4, 0.5) is 0 Å². The second kappa shape index (κ2) is 4.15. The van der Waals surface area contributed by atoms with Gasteiger partial charge in [0.05, 0.1) is 23.2 Å². The molecule has 0 unspecified atom stereocenters. The number of hydrogen-bond acceptors (Lipinski definition) is 5. The van der Waals surface area contributed by atoms with E-state index in [4.69, 9.17) is 22.3 Å². The highest BCUT2D eigenvalue weighted by molar-refractivity contribution is 8.13. The summed E-state index contributed by atoms with van der Waals surface area (Å²) < 4.78 is 22.9. The number of nitrogens with zero attached hydrogens (tertiary/aromatic N) is 4. The molecule has 0 spiro atoms. The predicted molar refractivity (Wildman–Crippen MR) is 59.1 cm³/mol. The molecule has 2 rings (SSSR count). The second-order valence-electron chi connectivity index (χ2n) is 3.04. The van der Waals surface area contributed by atoms with Crippen molar-refractivity contribution in [2.24, 2.45) is 0 Å². The molecular weight excluding hydrogens is 275 g/mol. The minimum absolute atomic E-state index is 0.146. The zero-order valence-corrected chi connectivity index (χ0v) is 10.2. The Bertz CT molecular complexity index is 624. The van der Waals surface area contributed by atoms with Gasteiger partial charge in [-0.05, 0) is 0 Å². The molecule has 0 aliphatic heterocycles. The topological polar surface area (TPSA) is 77.2 Å². The van der Waals surface area contributed by atoms with Gasteiger partial charge in [0.25, 0.3) is 5.78 Å². The van der Waals surface area contributed by atoms with E-state index in [0.717, 1.165) is 0 Å². The van der Waals surface area contributed by atoms with Crippen LogP contribution in [0.15, 0.2) is 12.4 Å². The van der Waals surface area contributed by atoms with Crippen LogP contribution in [0.3, 0.4) is 0 Å². The fourth-order valence-electron chi connectivity index (χ4n) is 1.12. The molecule has 0 aliphatic carbocycles. The van der Waals surface area contributed by atoms with Crippen molar-refractivity contribution in [3.05, 3.63) is 23.2 Å². The highest BCUT2D eigenvalue weighted by Gasteiger charge is 2.10. The van der Waals surface area contributed by atoms with Crippen molar-refractivity contribution in [3.8, 4) is 0 Å². The molecule has 0 saturated carbocycles. The molecule has 0 fully saturated rings. The molecule has 2 aromatic rings. The Morgan fingerprint density at radius 1 is 1.44 bits per heavy atom. The van der Waals surface area contributed by atoms with Crippen molar-refractivity contribution in [1.29, 1.82) is 0 Å². The molecule has 9 heteroatoms. The zero-order valence-electron chi connectivity index (χ0n) is 7.84. The summed E-state index contributed by atoms with van der Waals surface area (Å²) in [4.78, 5) is 7.94. The highest BCUT2D eigenvalue weighted by atomic mass is 35.7. The van der Waals surface area contributed by atoms with Crippen molar-refractivity contribution >= 4 is 37.1 Å². The van der Waals surface area contributed by atoms with E-state index in [0.29, 0.717) is 16.6 Å². The van der Waals surface area contributed by atoms with Crippen molar-refractivity contribution in [1.82, 2.24) is 19.6 Å². The summed E-state index contributed by atoms with van der Waals surface area (Å²) >= 11 is 5.71. The number of rotatable bonds is 3. The molecule has 0 radical (unpaired) electrons. The lowest BCUT2D eigenvalue weighted by Gasteiger charge is -1.90. The lowest BCUT2D eigenvalue weighted by molar-refractivity contribution is 0.608. The maximum Gasteiger partial charge on any atom is 0.252 e.